The van der Waals surface area contributed by atoms with Crippen LogP contribution in [0.3, 0.4) is 0 Å². The van der Waals surface area contributed by atoms with Crippen LogP contribution in [0.5, 0.6) is 11.5 Å². The Morgan fingerprint density at radius 1 is 1.32 bits per heavy atom. The topological polar surface area (TPSA) is 64.8 Å². The normalized spacial score (nSPS) is 21.0. The molecule has 1 aliphatic heterocycles. The first kappa shape index (κ1) is 18.6. The number of nitrogens with two attached hydrogens (primary N) is 1. The molecule has 0 aliphatic carbocycles. The quantitative estimate of drug-likeness (QED) is 0.916. The Hall–Kier alpha value is -1.46. The molecule has 0 spiro atoms. The highest BCUT2D eigenvalue weighted by Gasteiger charge is 2.26. The van der Waals surface area contributed by atoms with E-state index in [-0.39, 0.29) is 24.4 Å². The Balaban J connectivity index is 0.00000242. The number of benzene rings is 1. The van der Waals surface area contributed by atoms with Crippen LogP contribution >= 0.6 is 12.4 Å². The van der Waals surface area contributed by atoms with Gasteiger partial charge >= 0.3 is 0 Å². The summed E-state index contributed by atoms with van der Waals surface area (Å²) in [5.74, 6) is 1.82. The molecule has 0 radical (unpaired) electrons. The minimum Gasteiger partial charge on any atom is -0.493 e. The maximum Gasteiger partial charge on any atom is 0.227 e. The zero-order valence-corrected chi connectivity index (χ0v) is 14.2. The molecule has 124 valence electrons. The number of carbonyl (C=O) groups excluding carboxylic acids is 1. The number of halogens is 1. The van der Waals surface area contributed by atoms with E-state index >= 15 is 0 Å². The van der Waals surface area contributed by atoms with Crippen molar-refractivity contribution in [1.82, 2.24) is 4.90 Å². The fourth-order valence-electron chi connectivity index (χ4n) is 2.67. The molecular formula is C16H25ClN2O3. The lowest BCUT2D eigenvalue weighted by molar-refractivity contribution is -0.132. The second-order valence-electron chi connectivity index (χ2n) is 5.64. The summed E-state index contributed by atoms with van der Waals surface area (Å²) in [5, 5.41) is 0. The average molecular weight is 329 g/mol. The Kier molecular flexibility index (Phi) is 6.97. The number of hydrogen-bond donors (Lipinski definition) is 1. The van der Waals surface area contributed by atoms with Gasteiger partial charge in [-0.3, -0.25) is 4.79 Å². The second kappa shape index (κ2) is 8.25. The third-order valence-corrected chi connectivity index (χ3v) is 4.13. The van der Waals surface area contributed by atoms with Crippen LogP contribution in [0.4, 0.5) is 0 Å². The Labute approximate surface area is 138 Å². The number of hydrogen-bond acceptors (Lipinski definition) is 4. The van der Waals surface area contributed by atoms with Gasteiger partial charge in [0, 0.05) is 19.1 Å². The molecule has 0 aromatic heterocycles. The van der Waals surface area contributed by atoms with Gasteiger partial charge < -0.3 is 20.1 Å². The van der Waals surface area contributed by atoms with E-state index in [1.807, 2.05) is 23.1 Å². The fourth-order valence-corrected chi connectivity index (χ4v) is 2.67. The Morgan fingerprint density at radius 3 is 2.59 bits per heavy atom. The molecule has 2 rings (SSSR count). The van der Waals surface area contributed by atoms with Crippen molar-refractivity contribution in [3.05, 3.63) is 23.8 Å². The maximum absolute atomic E-state index is 12.4. The number of methoxy groups -OCH3 is 2. The van der Waals surface area contributed by atoms with E-state index in [0.717, 1.165) is 25.1 Å². The smallest absolute Gasteiger partial charge is 0.227 e. The van der Waals surface area contributed by atoms with Crippen molar-refractivity contribution in [2.45, 2.75) is 25.8 Å². The Bertz CT molecular complexity index is 510. The molecule has 1 heterocycles. The van der Waals surface area contributed by atoms with Crippen LogP contribution < -0.4 is 15.2 Å². The van der Waals surface area contributed by atoms with Crippen LogP contribution in [0.15, 0.2) is 18.2 Å². The number of rotatable bonds is 4. The summed E-state index contributed by atoms with van der Waals surface area (Å²) in [6, 6.07) is 5.79. The van der Waals surface area contributed by atoms with Gasteiger partial charge in [0.25, 0.3) is 0 Å². The summed E-state index contributed by atoms with van der Waals surface area (Å²) in [5.41, 5.74) is 6.93. The molecule has 1 amide bonds. The molecule has 2 atom stereocenters. The summed E-state index contributed by atoms with van der Waals surface area (Å²) >= 11 is 0. The van der Waals surface area contributed by atoms with E-state index in [9.17, 15) is 4.79 Å². The van der Waals surface area contributed by atoms with Crippen LogP contribution in [-0.2, 0) is 11.2 Å². The van der Waals surface area contributed by atoms with Gasteiger partial charge in [0.05, 0.1) is 20.6 Å². The molecule has 1 fully saturated rings. The van der Waals surface area contributed by atoms with E-state index in [1.54, 1.807) is 14.2 Å². The van der Waals surface area contributed by atoms with Crippen LogP contribution in [0.1, 0.15) is 18.9 Å². The molecule has 0 bridgehead atoms. The molecule has 5 nitrogen and oxygen atoms in total. The van der Waals surface area contributed by atoms with Crippen molar-refractivity contribution in [3.63, 3.8) is 0 Å². The van der Waals surface area contributed by atoms with Crippen molar-refractivity contribution in [3.8, 4) is 11.5 Å². The first-order valence-electron chi connectivity index (χ1n) is 7.29. The lowest BCUT2D eigenvalue weighted by atomic mass is 9.94. The summed E-state index contributed by atoms with van der Waals surface area (Å²) in [7, 11) is 3.19. The molecule has 6 heteroatoms. The van der Waals surface area contributed by atoms with E-state index in [0.29, 0.717) is 23.8 Å². The highest BCUT2D eigenvalue weighted by molar-refractivity contribution is 5.85. The van der Waals surface area contributed by atoms with Crippen molar-refractivity contribution in [1.29, 1.82) is 0 Å². The highest BCUT2D eigenvalue weighted by Crippen LogP contribution is 2.28. The molecular weight excluding hydrogens is 304 g/mol. The monoisotopic (exact) mass is 328 g/mol. The largest absolute Gasteiger partial charge is 0.493 e. The molecule has 1 aliphatic rings. The van der Waals surface area contributed by atoms with Crippen molar-refractivity contribution >= 4 is 18.3 Å². The minimum atomic E-state index is 0. The third kappa shape index (κ3) is 4.27. The number of piperidine rings is 1. The van der Waals surface area contributed by atoms with Crippen LogP contribution in [0.25, 0.3) is 0 Å². The predicted octanol–water partition coefficient (Wildman–Crippen LogP) is 1.86. The molecule has 2 N–H and O–H groups in total. The molecule has 2 unspecified atom stereocenters. The van der Waals surface area contributed by atoms with Gasteiger partial charge in [-0.2, -0.15) is 0 Å². The number of carbonyl (C=O) groups is 1. The van der Waals surface area contributed by atoms with Gasteiger partial charge in [-0.1, -0.05) is 13.0 Å². The highest BCUT2D eigenvalue weighted by atomic mass is 35.5. The molecule has 1 saturated heterocycles. The third-order valence-electron chi connectivity index (χ3n) is 4.13. The van der Waals surface area contributed by atoms with Gasteiger partial charge in [-0.25, -0.2) is 0 Å². The predicted molar refractivity (Wildman–Crippen MR) is 88.8 cm³/mol. The zero-order chi connectivity index (χ0) is 15.4. The van der Waals surface area contributed by atoms with E-state index in [2.05, 4.69) is 6.92 Å². The molecule has 22 heavy (non-hydrogen) atoms. The molecule has 1 aromatic carbocycles. The number of likely N-dealkylation sites (tertiary alicyclic amines) is 1. The number of amides is 1. The van der Waals surface area contributed by atoms with Gasteiger partial charge in [0.2, 0.25) is 5.91 Å². The number of nitrogens with zero attached hydrogens (tertiary/aromatic N) is 1. The first-order chi connectivity index (χ1) is 10.0. The summed E-state index contributed by atoms with van der Waals surface area (Å²) in [4.78, 5) is 14.3. The van der Waals surface area contributed by atoms with Gasteiger partial charge in [-0.15, -0.1) is 12.4 Å². The molecule has 0 saturated carbocycles. The van der Waals surface area contributed by atoms with E-state index in [4.69, 9.17) is 15.2 Å². The standard InChI is InChI=1S/C16H24N2O3.ClH/c1-11-10-18(7-6-13(11)17)16(19)9-12-4-5-14(20-2)15(8-12)21-3;/h4-5,8,11,13H,6-7,9-10,17H2,1-3H3;1H. The van der Waals surface area contributed by atoms with Crippen molar-refractivity contribution in [2.24, 2.45) is 11.7 Å². The summed E-state index contributed by atoms with van der Waals surface area (Å²) < 4.78 is 10.5. The lowest BCUT2D eigenvalue weighted by Crippen LogP contribution is -2.48. The maximum atomic E-state index is 12.4. The minimum absolute atomic E-state index is 0. The Morgan fingerprint density at radius 2 is 2.00 bits per heavy atom. The van der Waals surface area contributed by atoms with Gasteiger partial charge in [-0.05, 0) is 30.0 Å². The first-order valence-corrected chi connectivity index (χ1v) is 7.29. The van der Waals surface area contributed by atoms with Crippen LogP contribution in [0.2, 0.25) is 0 Å². The zero-order valence-electron chi connectivity index (χ0n) is 13.4. The van der Waals surface area contributed by atoms with Gasteiger partial charge in [0.15, 0.2) is 11.5 Å². The van der Waals surface area contributed by atoms with Crippen LogP contribution in [-0.4, -0.2) is 44.2 Å². The van der Waals surface area contributed by atoms with Crippen molar-refractivity contribution in [2.75, 3.05) is 27.3 Å². The van der Waals surface area contributed by atoms with Crippen molar-refractivity contribution < 1.29 is 14.3 Å². The SMILES string of the molecule is COc1ccc(CC(=O)N2CCC(N)C(C)C2)cc1OC.Cl. The van der Waals surface area contributed by atoms with Crippen LogP contribution in [0, 0.1) is 5.92 Å². The van der Waals surface area contributed by atoms with Gasteiger partial charge in [0.1, 0.15) is 0 Å². The number of ether oxygens (including phenoxy) is 2. The van der Waals surface area contributed by atoms with E-state index < -0.39 is 0 Å². The second-order valence-corrected chi connectivity index (χ2v) is 5.64. The molecule has 1 aromatic rings. The lowest BCUT2D eigenvalue weighted by Gasteiger charge is -2.35. The fraction of sp³-hybridized carbons (Fsp3) is 0.562. The summed E-state index contributed by atoms with van der Waals surface area (Å²) in [6.45, 7) is 3.59. The average Bonchev–Trinajstić information content (AvgIpc) is 2.49. The summed E-state index contributed by atoms with van der Waals surface area (Å²) in [6.07, 6.45) is 1.25. The van der Waals surface area contributed by atoms with E-state index in [1.165, 1.54) is 0 Å².